The van der Waals surface area contributed by atoms with Crippen molar-refractivity contribution < 1.29 is 9.59 Å². The van der Waals surface area contributed by atoms with Gasteiger partial charge in [0.05, 0.1) is 16.6 Å². The van der Waals surface area contributed by atoms with Crippen molar-refractivity contribution in [3.05, 3.63) is 92.8 Å². The minimum Gasteiger partial charge on any atom is -0.354 e. The molecule has 2 N–H and O–H groups in total. The van der Waals surface area contributed by atoms with Gasteiger partial charge in [-0.1, -0.05) is 48.5 Å². The summed E-state index contributed by atoms with van der Waals surface area (Å²) in [5, 5.41) is 6.11. The van der Waals surface area contributed by atoms with Crippen molar-refractivity contribution in [2.24, 2.45) is 0 Å². The van der Waals surface area contributed by atoms with E-state index >= 15 is 0 Å². The molecule has 8 heteroatoms. The molecule has 0 unspecified atom stereocenters. The summed E-state index contributed by atoms with van der Waals surface area (Å²) in [7, 11) is 0. The molecular weight excluding hydrogens is 436 g/mol. The van der Waals surface area contributed by atoms with Crippen LogP contribution in [-0.4, -0.2) is 27.9 Å². The van der Waals surface area contributed by atoms with Gasteiger partial charge in [0.25, 0.3) is 11.5 Å². The summed E-state index contributed by atoms with van der Waals surface area (Å²) in [5.74, 6) is -0.547. The maximum Gasteiger partial charge on any atom is 0.266 e. The molecule has 2 aromatic carbocycles. The number of hydrogen-bond acceptors (Lipinski definition) is 5. The Hall–Kier alpha value is -3.78. The lowest BCUT2D eigenvalue weighted by Gasteiger charge is -2.08. The summed E-state index contributed by atoms with van der Waals surface area (Å²) in [4.78, 5) is 43.5. The molecule has 0 atom stereocenters. The third-order valence-corrected chi connectivity index (χ3v) is 6.61. The number of carbonyl (C=O) groups is 2. The van der Waals surface area contributed by atoms with E-state index in [1.54, 1.807) is 6.92 Å². The molecule has 2 aromatic heterocycles. The van der Waals surface area contributed by atoms with Crippen molar-refractivity contribution >= 4 is 39.1 Å². The second kappa shape index (κ2) is 9.79. The normalized spacial score (nSPS) is 10.8. The van der Waals surface area contributed by atoms with E-state index in [9.17, 15) is 14.4 Å². The molecule has 0 aliphatic rings. The Morgan fingerprint density at radius 2 is 1.76 bits per heavy atom. The number of nitrogens with zero attached hydrogens (tertiary/aromatic N) is 2. The Labute approximate surface area is 195 Å². The summed E-state index contributed by atoms with van der Waals surface area (Å²) in [6.45, 7) is 4.00. The van der Waals surface area contributed by atoms with Crippen LogP contribution in [0.3, 0.4) is 0 Å². The Morgan fingerprint density at radius 3 is 2.52 bits per heavy atom. The molecule has 0 saturated heterocycles. The predicted octanol–water partition coefficient (Wildman–Crippen LogP) is 3.69. The third-order valence-electron chi connectivity index (χ3n) is 5.41. The van der Waals surface area contributed by atoms with Crippen LogP contribution in [0.1, 0.15) is 26.4 Å². The van der Waals surface area contributed by atoms with Gasteiger partial charge in [-0.2, -0.15) is 0 Å². The number of amides is 2. The highest BCUT2D eigenvalue weighted by molar-refractivity contribution is 7.20. The van der Waals surface area contributed by atoms with Crippen LogP contribution in [0.4, 0.5) is 5.69 Å². The van der Waals surface area contributed by atoms with Crippen LogP contribution in [0.2, 0.25) is 0 Å². The van der Waals surface area contributed by atoms with Gasteiger partial charge in [0.2, 0.25) is 5.91 Å². The number of anilines is 1. The molecule has 2 amide bonds. The molecule has 0 bridgehead atoms. The lowest BCUT2D eigenvalue weighted by Crippen LogP contribution is -2.33. The quantitative estimate of drug-likeness (QED) is 0.440. The van der Waals surface area contributed by atoms with E-state index in [1.165, 1.54) is 22.2 Å². The van der Waals surface area contributed by atoms with Crippen molar-refractivity contribution in [3.8, 4) is 0 Å². The highest BCUT2D eigenvalue weighted by Crippen LogP contribution is 2.28. The largest absolute Gasteiger partial charge is 0.354 e. The molecule has 0 saturated carbocycles. The fourth-order valence-electron chi connectivity index (χ4n) is 3.58. The molecule has 0 aliphatic carbocycles. The highest BCUT2D eigenvalue weighted by atomic mass is 32.1. The van der Waals surface area contributed by atoms with Crippen LogP contribution in [0, 0.1) is 13.8 Å². The lowest BCUT2D eigenvalue weighted by molar-refractivity contribution is -0.121. The van der Waals surface area contributed by atoms with E-state index in [0.29, 0.717) is 33.6 Å². The van der Waals surface area contributed by atoms with E-state index in [2.05, 4.69) is 15.6 Å². The zero-order valence-electron chi connectivity index (χ0n) is 18.4. The van der Waals surface area contributed by atoms with Gasteiger partial charge in [-0.25, -0.2) is 4.98 Å². The molecule has 7 nitrogen and oxygen atoms in total. The Balaban J connectivity index is 1.48. The topological polar surface area (TPSA) is 93.1 Å². The standard InChI is InChI=1S/C25H24N4O3S/c1-16-8-6-7-11-19(16)28-23(31)22-17(2)21-24(33-22)27-15-29(25(21)32)14-20(30)26-13-12-18-9-4-3-5-10-18/h3-11,15H,12-14H2,1-2H3,(H,26,30)(H,28,31). The van der Waals surface area contributed by atoms with Crippen LogP contribution in [0.5, 0.6) is 0 Å². The Bertz CT molecular complexity index is 1380. The van der Waals surface area contributed by atoms with Gasteiger partial charge in [0, 0.05) is 12.2 Å². The number of benzene rings is 2. The molecule has 0 fully saturated rings. The van der Waals surface area contributed by atoms with Gasteiger partial charge in [0.1, 0.15) is 11.4 Å². The van der Waals surface area contributed by atoms with Gasteiger partial charge in [0.15, 0.2) is 0 Å². The molecule has 33 heavy (non-hydrogen) atoms. The van der Waals surface area contributed by atoms with Gasteiger partial charge in [-0.3, -0.25) is 19.0 Å². The van der Waals surface area contributed by atoms with Gasteiger partial charge in [-0.15, -0.1) is 11.3 Å². The molecule has 4 rings (SSSR count). The number of hydrogen-bond donors (Lipinski definition) is 2. The molecule has 168 valence electrons. The van der Waals surface area contributed by atoms with Crippen molar-refractivity contribution in [2.45, 2.75) is 26.8 Å². The summed E-state index contributed by atoms with van der Waals surface area (Å²) in [5.41, 5.74) is 3.03. The summed E-state index contributed by atoms with van der Waals surface area (Å²) in [6.07, 6.45) is 2.07. The Kier molecular flexibility index (Phi) is 6.65. The second-order valence-corrected chi connectivity index (χ2v) is 8.77. The highest BCUT2D eigenvalue weighted by Gasteiger charge is 2.20. The van der Waals surface area contributed by atoms with Gasteiger partial charge >= 0.3 is 0 Å². The SMILES string of the molecule is Cc1ccccc1NC(=O)c1sc2ncn(CC(=O)NCCc3ccccc3)c(=O)c2c1C. The number of carbonyl (C=O) groups excluding carboxylic acids is 2. The van der Waals surface area contributed by atoms with Crippen LogP contribution >= 0.6 is 11.3 Å². The molecule has 0 aliphatic heterocycles. The second-order valence-electron chi connectivity index (χ2n) is 7.77. The van der Waals surface area contributed by atoms with Crippen molar-refractivity contribution in [1.29, 1.82) is 0 Å². The summed E-state index contributed by atoms with van der Waals surface area (Å²) < 4.78 is 1.28. The van der Waals surface area contributed by atoms with E-state index in [4.69, 9.17) is 0 Å². The van der Waals surface area contributed by atoms with Crippen molar-refractivity contribution in [1.82, 2.24) is 14.9 Å². The molecule has 0 spiro atoms. The first-order valence-corrected chi connectivity index (χ1v) is 11.4. The third kappa shape index (κ3) is 5.01. The van der Waals surface area contributed by atoms with Crippen molar-refractivity contribution in [3.63, 3.8) is 0 Å². The number of aryl methyl sites for hydroxylation is 2. The molecule has 4 aromatic rings. The fourth-order valence-corrected chi connectivity index (χ4v) is 4.62. The number of nitrogens with one attached hydrogen (secondary N) is 2. The number of aromatic nitrogens is 2. The van der Waals surface area contributed by atoms with Gasteiger partial charge in [-0.05, 0) is 43.0 Å². The lowest BCUT2D eigenvalue weighted by atomic mass is 10.1. The van der Waals surface area contributed by atoms with Gasteiger partial charge < -0.3 is 10.6 Å². The number of para-hydroxylation sites is 1. The van der Waals surface area contributed by atoms with E-state index < -0.39 is 0 Å². The summed E-state index contributed by atoms with van der Waals surface area (Å²) in [6, 6.07) is 17.4. The molecular formula is C25H24N4O3S. The van der Waals surface area contributed by atoms with Crippen molar-refractivity contribution in [2.75, 3.05) is 11.9 Å². The molecule has 0 radical (unpaired) electrons. The van der Waals surface area contributed by atoms with E-state index in [1.807, 2.05) is 61.5 Å². The number of fused-ring (bicyclic) bond motifs is 1. The summed E-state index contributed by atoms with van der Waals surface area (Å²) >= 11 is 1.17. The fraction of sp³-hybridized carbons (Fsp3) is 0.200. The van der Waals surface area contributed by atoms with Crippen LogP contribution in [0.25, 0.3) is 10.2 Å². The number of rotatable bonds is 7. The average molecular weight is 461 g/mol. The smallest absolute Gasteiger partial charge is 0.266 e. The monoisotopic (exact) mass is 460 g/mol. The first kappa shape index (κ1) is 22.4. The van der Waals surface area contributed by atoms with E-state index in [0.717, 1.165) is 16.8 Å². The van der Waals surface area contributed by atoms with E-state index in [-0.39, 0.29) is 23.9 Å². The number of thiophene rings is 1. The predicted molar refractivity (Wildman–Crippen MR) is 131 cm³/mol. The van der Waals surface area contributed by atoms with Crippen LogP contribution in [0.15, 0.2) is 65.7 Å². The minimum atomic E-state index is -0.332. The first-order valence-electron chi connectivity index (χ1n) is 10.6. The zero-order chi connectivity index (χ0) is 23.4. The van der Waals surface area contributed by atoms with Crippen LogP contribution < -0.4 is 16.2 Å². The maximum absolute atomic E-state index is 13.0. The van der Waals surface area contributed by atoms with Crippen LogP contribution in [-0.2, 0) is 17.8 Å². The maximum atomic E-state index is 13.0. The zero-order valence-corrected chi connectivity index (χ0v) is 19.2. The first-order chi connectivity index (χ1) is 15.9. The molecule has 2 heterocycles. The Morgan fingerprint density at radius 1 is 1.03 bits per heavy atom. The average Bonchev–Trinajstić information content (AvgIpc) is 3.15. The minimum absolute atomic E-state index is 0.128.